The molecule has 2 aliphatic rings. The van der Waals surface area contributed by atoms with Crippen LogP contribution in [0.15, 0.2) is 48.5 Å². The van der Waals surface area contributed by atoms with Crippen LogP contribution >= 0.6 is 0 Å². The van der Waals surface area contributed by atoms with E-state index in [1.807, 2.05) is 24.3 Å². The number of quaternary nitrogens is 2. The summed E-state index contributed by atoms with van der Waals surface area (Å²) in [7, 11) is 1.69. The van der Waals surface area contributed by atoms with Gasteiger partial charge in [0.05, 0.1) is 19.3 Å². The van der Waals surface area contributed by atoms with Gasteiger partial charge in [-0.05, 0) is 52.7 Å². The molecule has 0 radical (unpaired) electrons. The molecule has 30 heavy (non-hydrogen) atoms. The van der Waals surface area contributed by atoms with Crippen LogP contribution in [0.4, 0.5) is 0 Å². The second kappa shape index (κ2) is 8.17. The molecule has 1 saturated heterocycles. The predicted octanol–water partition coefficient (Wildman–Crippen LogP) is 0.973. The van der Waals surface area contributed by atoms with Gasteiger partial charge in [-0.2, -0.15) is 0 Å². The Bertz CT molecular complexity index is 1060. The standard InChI is InChI=1S/C25H28N2O3/c1-29-21-5-3-19-4-6-24(28)23(22(19)15-21)17-27-11-9-26(10-12-27)16-18-2-7-25-20(14-18)8-13-30-25/h2-7,14-15,28H,8-13,16-17H2,1H3/p+2. The van der Waals surface area contributed by atoms with Crippen LogP contribution in [-0.2, 0) is 19.5 Å². The summed E-state index contributed by atoms with van der Waals surface area (Å²) in [6.07, 6.45) is 1.04. The van der Waals surface area contributed by atoms with Gasteiger partial charge in [-0.3, -0.25) is 0 Å². The largest absolute Gasteiger partial charge is 0.507 e. The predicted molar refractivity (Wildman–Crippen MR) is 117 cm³/mol. The van der Waals surface area contributed by atoms with Crippen molar-refractivity contribution in [1.29, 1.82) is 0 Å². The molecule has 1 fully saturated rings. The number of phenolic OH excluding ortho intramolecular Hbond substituents is 1. The molecular weight excluding hydrogens is 376 g/mol. The molecule has 2 heterocycles. The van der Waals surface area contributed by atoms with Crippen LogP contribution in [0, 0.1) is 0 Å². The van der Waals surface area contributed by atoms with Crippen molar-refractivity contribution in [3.63, 3.8) is 0 Å². The fourth-order valence-electron chi connectivity index (χ4n) is 4.86. The smallest absolute Gasteiger partial charge is 0.127 e. The first-order valence-corrected chi connectivity index (χ1v) is 10.9. The zero-order chi connectivity index (χ0) is 20.5. The Morgan fingerprint density at radius 3 is 2.50 bits per heavy atom. The normalized spacial score (nSPS) is 20.7. The number of phenols is 1. The van der Waals surface area contributed by atoms with E-state index in [4.69, 9.17) is 9.47 Å². The van der Waals surface area contributed by atoms with E-state index in [-0.39, 0.29) is 0 Å². The number of hydrogen-bond acceptors (Lipinski definition) is 3. The third-order valence-corrected chi connectivity index (χ3v) is 6.61. The maximum Gasteiger partial charge on any atom is 0.127 e. The zero-order valence-corrected chi connectivity index (χ0v) is 17.5. The van der Waals surface area contributed by atoms with Crippen molar-refractivity contribution < 1.29 is 24.4 Å². The molecule has 0 saturated carbocycles. The van der Waals surface area contributed by atoms with E-state index in [1.54, 1.807) is 12.0 Å². The molecule has 0 bridgehead atoms. The summed E-state index contributed by atoms with van der Waals surface area (Å²) in [5, 5.41) is 12.8. The van der Waals surface area contributed by atoms with Gasteiger partial charge >= 0.3 is 0 Å². The quantitative estimate of drug-likeness (QED) is 0.592. The Morgan fingerprint density at radius 2 is 1.70 bits per heavy atom. The van der Waals surface area contributed by atoms with Gasteiger partial charge < -0.3 is 24.4 Å². The Hall–Kier alpha value is -2.76. The summed E-state index contributed by atoms with van der Waals surface area (Å²) in [6, 6.07) is 16.6. The summed E-state index contributed by atoms with van der Waals surface area (Å²) < 4.78 is 11.0. The Balaban J connectivity index is 1.25. The van der Waals surface area contributed by atoms with E-state index >= 15 is 0 Å². The van der Waals surface area contributed by atoms with Crippen molar-refractivity contribution >= 4 is 10.8 Å². The monoisotopic (exact) mass is 406 g/mol. The lowest BCUT2D eigenvalue weighted by molar-refractivity contribution is -1.02. The van der Waals surface area contributed by atoms with Crippen LogP contribution in [-0.4, -0.2) is 45.0 Å². The van der Waals surface area contributed by atoms with Gasteiger partial charge in [0.15, 0.2) is 0 Å². The van der Waals surface area contributed by atoms with Crippen molar-refractivity contribution in [3.8, 4) is 17.2 Å². The number of methoxy groups -OCH3 is 1. The fourth-order valence-corrected chi connectivity index (χ4v) is 4.86. The van der Waals surface area contributed by atoms with Crippen LogP contribution in [0.5, 0.6) is 17.2 Å². The van der Waals surface area contributed by atoms with Crippen molar-refractivity contribution in [2.24, 2.45) is 0 Å². The second-order valence-electron chi connectivity index (χ2n) is 8.54. The second-order valence-corrected chi connectivity index (χ2v) is 8.54. The number of rotatable bonds is 5. The number of ether oxygens (including phenoxy) is 2. The minimum absolute atomic E-state index is 0.387. The average molecular weight is 407 g/mol. The molecule has 0 aromatic heterocycles. The fraction of sp³-hybridized carbons (Fsp3) is 0.360. The lowest BCUT2D eigenvalue weighted by atomic mass is 10.0. The Kier molecular flexibility index (Phi) is 5.23. The molecule has 0 spiro atoms. The SMILES string of the molecule is COc1ccc2ccc(O)c(C[NH+]3CC[NH+](Cc4ccc5c(c4)CCO5)CC3)c2c1. The molecule has 0 unspecified atom stereocenters. The van der Waals surface area contributed by atoms with Crippen LogP contribution in [0.1, 0.15) is 16.7 Å². The molecule has 156 valence electrons. The number of nitrogens with one attached hydrogen (secondary N) is 2. The average Bonchev–Trinajstić information content (AvgIpc) is 3.24. The van der Waals surface area contributed by atoms with E-state index in [1.165, 1.54) is 16.0 Å². The lowest BCUT2D eigenvalue weighted by Gasteiger charge is -2.30. The van der Waals surface area contributed by atoms with Gasteiger partial charge in [0.25, 0.3) is 0 Å². The summed E-state index contributed by atoms with van der Waals surface area (Å²) >= 11 is 0. The lowest BCUT2D eigenvalue weighted by Crippen LogP contribution is -3.27. The Morgan fingerprint density at radius 1 is 0.933 bits per heavy atom. The molecule has 3 aromatic rings. The molecule has 2 aliphatic heterocycles. The maximum absolute atomic E-state index is 10.6. The highest BCUT2D eigenvalue weighted by Gasteiger charge is 2.25. The number of piperazine rings is 1. The highest BCUT2D eigenvalue weighted by molar-refractivity contribution is 5.88. The number of hydrogen-bond donors (Lipinski definition) is 3. The van der Waals surface area contributed by atoms with Gasteiger partial charge in [-0.25, -0.2) is 0 Å². The summed E-state index contributed by atoms with van der Waals surface area (Å²) in [4.78, 5) is 3.17. The zero-order valence-electron chi connectivity index (χ0n) is 17.5. The van der Waals surface area contributed by atoms with Crippen LogP contribution in [0.2, 0.25) is 0 Å². The summed E-state index contributed by atoms with van der Waals surface area (Å²) in [5.41, 5.74) is 3.80. The molecule has 0 atom stereocenters. The molecular formula is C25H30N2O3+2. The van der Waals surface area contributed by atoms with Gasteiger partial charge in [0, 0.05) is 12.0 Å². The van der Waals surface area contributed by atoms with E-state index in [9.17, 15) is 5.11 Å². The first kappa shape index (κ1) is 19.2. The minimum Gasteiger partial charge on any atom is -0.507 e. The van der Waals surface area contributed by atoms with Gasteiger partial charge in [0.2, 0.25) is 0 Å². The molecule has 0 aliphatic carbocycles. The molecule has 3 N–H and O–H groups in total. The van der Waals surface area contributed by atoms with Gasteiger partial charge in [-0.15, -0.1) is 0 Å². The summed E-state index contributed by atoms with van der Waals surface area (Å²) in [5.74, 6) is 2.28. The van der Waals surface area contributed by atoms with E-state index in [0.29, 0.717) is 5.75 Å². The summed E-state index contributed by atoms with van der Waals surface area (Å²) in [6.45, 7) is 7.28. The third kappa shape index (κ3) is 3.83. The first-order valence-electron chi connectivity index (χ1n) is 10.9. The van der Waals surface area contributed by atoms with Crippen LogP contribution in [0.25, 0.3) is 10.8 Å². The molecule has 3 aromatic carbocycles. The number of fused-ring (bicyclic) bond motifs is 2. The molecule has 5 nitrogen and oxygen atoms in total. The minimum atomic E-state index is 0.387. The van der Waals surface area contributed by atoms with Crippen molar-refractivity contribution in [2.75, 3.05) is 39.9 Å². The van der Waals surface area contributed by atoms with Gasteiger partial charge in [0.1, 0.15) is 56.5 Å². The van der Waals surface area contributed by atoms with E-state index in [2.05, 4.69) is 24.3 Å². The van der Waals surface area contributed by atoms with Gasteiger partial charge in [-0.1, -0.05) is 12.1 Å². The molecule has 0 amide bonds. The van der Waals surface area contributed by atoms with Crippen molar-refractivity contribution in [1.82, 2.24) is 0 Å². The van der Waals surface area contributed by atoms with Crippen LogP contribution in [0.3, 0.4) is 0 Å². The number of benzene rings is 3. The van der Waals surface area contributed by atoms with E-state index in [0.717, 1.165) is 80.1 Å². The Labute approximate surface area is 177 Å². The van der Waals surface area contributed by atoms with E-state index < -0.39 is 0 Å². The third-order valence-electron chi connectivity index (χ3n) is 6.61. The van der Waals surface area contributed by atoms with Crippen molar-refractivity contribution in [3.05, 3.63) is 65.2 Å². The molecule has 5 heteroatoms. The first-order chi connectivity index (χ1) is 14.7. The van der Waals surface area contributed by atoms with Crippen molar-refractivity contribution in [2.45, 2.75) is 19.5 Å². The number of aromatic hydroxyl groups is 1. The topological polar surface area (TPSA) is 47.6 Å². The highest BCUT2D eigenvalue weighted by atomic mass is 16.5. The highest BCUT2D eigenvalue weighted by Crippen LogP contribution is 2.29. The van der Waals surface area contributed by atoms with Crippen LogP contribution < -0.4 is 19.3 Å². The maximum atomic E-state index is 10.6. The molecule has 5 rings (SSSR count).